The second-order valence-electron chi connectivity index (χ2n) is 9.80. The number of ether oxygens (including phenoxy) is 2. The SMILES string of the molecule is CCc1ccc(OCCC/C(=C/c2ccccc2)c2c(C(=O)OCc3ccccc3)ccc3ccccc23)cc1. The van der Waals surface area contributed by atoms with Crippen LogP contribution in [0.25, 0.3) is 22.4 Å². The Balaban J connectivity index is 1.45. The predicted molar refractivity (Wildman–Crippen MR) is 164 cm³/mol. The minimum absolute atomic E-state index is 0.230. The lowest BCUT2D eigenvalue weighted by atomic mass is 9.89. The fourth-order valence-corrected chi connectivity index (χ4v) is 4.88. The summed E-state index contributed by atoms with van der Waals surface area (Å²) in [6.07, 6.45) is 4.74. The zero-order valence-electron chi connectivity index (χ0n) is 22.9. The number of esters is 1. The normalized spacial score (nSPS) is 11.4. The van der Waals surface area contributed by atoms with Crippen LogP contribution in [-0.4, -0.2) is 12.6 Å². The Kier molecular flexibility index (Phi) is 9.06. The number of fused-ring (bicyclic) bond motifs is 1. The topological polar surface area (TPSA) is 35.5 Å². The maximum absolute atomic E-state index is 13.5. The monoisotopic (exact) mass is 526 g/mol. The molecule has 0 heterocycles. The number of rotatable bonds is 11. The highest BCUT2D eigenvalue weighted by molar-refractivity contribution is 6.07. The Morgan fingerprint density at radius 3 is 2.17 bits per heavy atom. The highest BCUT2D eigenvalue weighted by atomic mass is 16.5. The van der Waals surface area contributed by atoms with Crippen molar-refractivity contribution in [3.63, 3.8) is 0 Å². The standard InChI is InChI=1S/C37H34O3/c1-2-28-19-22-33(23-20-28)39-25-11-17-32(26-29-12-5-3-6-13-29)36-34-18-10-9-16-31(34)21-24-35(36)37(38)40-27-30-14-7-4-8-15-30/h3-10,12-16,18-24,26H,2,11,17,25,27H2,1H3/b32-26-. The summed E-state index contributed by atoms with van der Waals surface area (Å²) >= 11 is 0. The van der Waals surface area contributed by atoms with Crippen LogP contribution in [0.5, 0.6) is 5.75 Å². The van der Waals surface area contributed by atoms with E-state index in [-0.39, 0.29) is 12.6 Å². The minimum atomic E-state index is -0.323. The number of carbonyl (C=O) groups is 1. The molecular weight excluding hydrogens is 492 g/mol. The average molecular weight is 527 g/mol. The van der Waals surface area contributed by atoms with Crippen LogP contribution in [0.1, 0.15) is 52.4 Å². The van der Waals surface area contributed by atoms with Crippen molar-refractivity contribution in [2.45, 2.75) is 32.8 Å². The molecule has 0 aliphatic carbocycles. The molecule has 5 aromatic carbocycles. The number of allylic oxidation sites excluding steroid dienone is 1. The summed E-state index contributed by atoms with van der Waals surface area (Å²) in [4.78, 5) is 13.5. The Hall–Kier alpha value is -4.63. The van der Waals surface area contributed by atoms with E-state index in [9.17, 15) is 4.79 Å². The lowest BCUT2D eigenvalue weighted by Gasteiger charge is -2.17. The molecule has 0 aliphatic rings. The molecule has 40 heavy (non-hydrogen) atoms. The van der Waals surface area contributed by atoms with Gasteiger partial charge in [-0.1, -0.05) is 116 Å². The molecule has 0 aromatic heterocycles. The van der Waals surface area contributed by atoms with Gasteiger partial charge in [0, 0.05) is 0 Å². The van der Waals surface area contributed by atoms with E-state index in [4.69, 9.17) is 9.47 Å². The first-order valence-corrected chi connectivity index (χ1v) is 13.9. The van der Waals surface area contributed by atoms with Gasteiger partial charge in [0.2, 0.25) is 0 Å². The zero-order chi connectivity index (χ0) is 27.6. The molecule has 0 atom stereocenters. The number of aryl methyl sites for hydroxylation is 1. The first-order chi connectivity index (χ1) is 19.7. The van der Waals surface area contributed by atoms with Crippen LogP contribution in [0.2, 0.25) is 0 Å². The van der Waals surface area contributed by atoms with E-state index in [0.29, 0.717) is 12.2 Å². The molecule has 200 valence electrons. The number of hydrogen-bond donors (Lipinski definition) is 0. The van der Waals surface area contributed by atoms with Crippen LogP contribution in [-0.2, 0) is 17.8 Å². The molecule has 0 fully saturated rings. The summed E-state index contributed by atoms with van der Waals surface area (Å²) in [5.74, 6) is 0.553. The Labute approximate surface area is 236 Å². The van der Waals surface area contributed by atoms with Crippen molar-refractivity contribution in [1.82, 2.24) is 0 Å². The average Bonchev–Trinajstić information content (AvgIpc) is 3.02. The molecule has 0 saturated heterocycles. The van der Waals surface area contributed by atoms with Gasteiger partial charge in [0.15, 0.2) is 0 Å². The molecule has 5 rings (SSSR count). The van der Waals surface area contributed by atoms with Gasteiger partial charge >= 0.3 is 5.97 Å². The molecule has 3 heteroatoms. The van der Waals surface area contributed by atoms with E-state index < -0.39 is 0 Å². The van der Waals surface area contributed by atoms with Crippen molar-refractivity contribution >= 4 is 28.4 Å². The smallest absolute Gasteiger partial charge is 0.339 e. The summed E-state index contributed by atoms with van der Waals surface area (Å²) < 4.78 is 11.9. The fourth-order valence-electron chi connectivity index (χ4n) is 4.88. The Morgan fingerprint density at radius 2 is 1.43 bits per heavy atom. The highest BCUT2D eigenvalue weighted by Crippen LogP contribution is 2.34. The summed E-state index contributed by atoms with van der Waals surface area (Å²) in [5, 5.41) is 2.12. The van der Waals surface area contributed by atoms with Gasteiger partial charge in [-0.15, -0.1) is 0 Å². The van der Waals surface area contributed by atoms with E-state index in [2.05, 4.69) is 49.4 Å². The largest absolute Gasteiger partial charge is 0.494 e. The predicted octanol–water partition coefficient (Wildman–Crippen LogP) is 9.16. The molecule has 0 saturated carbocycles. The van der Waals surface area contributed by atoms with Crippen LogP contribution >= 0.6 is 0 Å². The van der Waals surface area contributed by atoms with Gasteiger partial charge < -0.3 is 9.47 Å². The molecular formula is C37H34O3. The second kappa shape index (κ2) is 13.4. The number of hydrogen-bond acceptors (Lipinski definition) is 3. The summed E-state index contributed by atoms with van der Waals surface area (Å²) in [5.41, 5.74) is 5.93. The van der Waals surface area contributed by atoms with Crippen molar-refractivity contribution in [2.24, 2.45) is 0 Å². The van der Waals surface area contributed by atoms with Crippen molar-refractivity contribution in [2.75, 3.05) is 6.61 Å². The Bertz CT molecular complexity index is 1570. The van der Waals surface area contributed by atoms with Crippen LogP contribution in [0, 0.1) is 0 Å². The van der Waals surface area contributed by atoms with Crippen molar-refractivity contribution in [3.8, 4) is 5.75 Å². The van der Waals surface area contributed by atoms with Crippen LogP contribution < -0.4 is 4.74 Å². The number of carbonyl (C=O) groups excluding carboxylic acids is 1. The van der Waals surface area contributed by atoms with Gasteiger partial charge in [-0.25, -0.2) is 4.79 Å². The van der Waals surface area contributed by atoms with Gasteiger partial charge in [-0.3, -0.25) is 0 Å². The van der Waals surface area contributed by atoms with E-state index >= 15 is 0 Å². The lowest BCUT2D eigenvalue weighted by molar-refractivity contribution is 0.0472. The van der Waals surface area contributed by atoms with Gasteiger partial charge in [0.05, 0.1) is 12.2 Å². The fraction of sp³-hybridized carbons (Fsp3) is 0.162. The van der Waals surface area contributed by atoms with Crippen molar-refractivity contribution in [3.05, 3.63) is 149 Å². The highest BCUT2D eigenvalue weighted by Gasteiger charge is 2.19. The summed E-state index contributed by atoms with van der Waals surface area (Å²) in [6, 6.07) is 40.4. The Morgan fingerprint density at radius 1 is 0.725 bits per heavy atom. The van der Waals surface area contributed by atoms with Crippen LogP contribution in [0.15, 0.2) is 121 Å². The minimum Gasteiger partial charge on any atom is -0.494 e. The molecule has 0 bridgehead atoms. The first-order valence-electron chi connectivity index (χ1n) is 13.9. The molecule has 0 N–H and O–H groups in total. The molecule has 0 radical (unpaired) electrons. The molecule has 0 aliphatic heterocycles. The van der Waals surface area contributed by atoms with Gasteiger partial charge in [0.1, 0.15) is 12.4 Å². The maximum atomic E-state index is 13.5. The molecule has 5 aromatic rings. The summed E-state index contributed by atoms with van der Waals surface area (Å²) in [7, 11) is 0. The third-order valence-corrected chi connectivity index (χ3v) is 7.01. The van der Waals surface area contributed by atoms with E-state index in [1.165, 1.54) is 5.56 Å². The maximum Gasteiger partial charge on any atom is 0.339 e. The van der Waals surface area contributed by atoms with E-state index in [1.807, 2.05) is 84.9 Å². The summed E-state index contributed by atoms with van der Waals surface area (Å²) in [6.45, 7) is 2.96. The van der Waals surface area contributed by atoms with Gasteiger partial charge in [-0.05, 0) is 76.1 Å². The quantitative estimate of drug-likeness (QED) is 0.0978. The van der Waals surface area contributed by atoms with Crippen molar-refractivity contribution in [1.29, 1.82) is 0 Å². The van der Waals surface area contributed by atoms with E-state index in [1.54, 1.807) is 0 Å². The zero-order valence-corrected chi connectivity index (χ0v) is 22.9. The molecule has 0 spiro atoms. The van der Waals surface area contributed by atoms with Crippen LogP contribution in [0.3, 0.4) is 0 Å². The lowest BCUT2D eigenvalue weighted by Crippen LogP contribution is -2.09. The van der Waals surface area contributed by atoms with Gasteiger partial charge in [0.25, 0.3) is 0 Å². The van der Waals surface area contributed by atoms with Crippen LogP contribution in [0.4, 0.5) is 0 Å². The third kappa shape index (κ3) is 6.86. The van der Waals surface area contributed by atoms with Crippen molar-refractivity contribution < 1.29 is 14.3 Å². The molecule has 0 amide bonds. The second-order valence-corrected chi connectivity index (χ2v) is 9.80. The first kappa shape index (κ1) is 27.0. The molecule has 3 nitrogen and oxygen atoms in total. The molecule has 0 unspecified atom stereocenters. The van der Waals surface area contributed by atoms with E-state index in [0.717, 1.165) is 58.0 Å². The third-order valence-electron chi connectivity index (χ3n) is 7.01. The number of benzene rings is 5. The van der Waals surface area contributed by atoms with Gasteiger partial charge in [-0.2, -0.15) is 0 Å².